The van der Waals surface area contributed by atoms with Crippen LogP contribution < -0.4 is 29.7 Å². The van der Waals surface area contributed by atoms with Gasteiger partial charge in [-0.2, -0.15) is 5.10 Å². The molecular formula is C20H22IN3O6. The highest BCUT2D eigenvalue weighted by Gasteiger charge is 2.17. The topological polar surface area (TPSA) is 107 Å². The Morgan fingerprint density at radius 3 is 2.13 bits per heavy atom. The molecule has 0 aliphatic rings. The van der Waals surface area contributed by atoms with Crippen LogP contribution in [-0.2, 0) is 4.79 Å². The van der Waals surface area contributed by atoms with Crippen LogP contribution in [0, 0.1) is 3.57 Å². The van der Waals surface area contributed by atoms with Crippen molar-refractivity contribution in [1.82, 2.24) is 10.7 Å². The molecule has 10 heteroatoms. The van der Waals surface area contributed by atoms with Crippen LogP contribution in [-0.4, -0.2) is 53.0 Å². The van der Waals surface area contributed by atoms with Crippen molar-refractivity contribution in [2.45, 2.75) is 0 Å². The molecule has 0 saturated carbocycles. The van der Waals surface area contributed by atoms with E-state index in [4.69, 9.17) is 18.9 Å². The van der Waals surface area contributed by atoms with Crippen LogP contribution in [0.5, 0.6) is 23.0 Å². The summed E-state index contributed by atoms with van der Waals surface area (Å²) in [6.07, 6.45) is 1.50. The predicted octanol–water partition coefficient (Wildman–Crippen LogP) is 2.21. The maximum atomic E-state index is 12.4. The number of rotatable bonds is 9. The van der Waals surface area contributed by atoms with E-state index < -0.39 is 11.8 Å². The SMILES string of the molecule is COc1ccc(C=NNC(=O)CNC(=O)c2cc(OC)c(OC)c(OC)c2)cc1I. The summed E-state index contributed by atoms with van der Waals surface area (Å²) in [5.41, 5.74) is 3.41. The second-order valence-electron chi connectivity index (χ2n) is 5.78. The predicted molar refractivity (Wildman–Crippen MR) is 120 cm³/mol. The summed E-state index contributed by atoms with van der Waals surface area (Å²) in [4.78, 5) is 24.3. The van der Waals surface area contributed by atoms with Crippen LogP contribution in [0.15, 0.2) is 35.4 Å². The van der Waals surface area contributed by atoms with E-state index in [0.29, 0.717) is 17.2 Å². The molecule has 2 amide bonds. The molecule has 0 saturated heterocycles. The molecule has 0 aliphatic heterocycles. The molecule has 2 rings (SSSR count). The van der Waals surface area contributed by atoms with Crippen LogP contribution in [0.2, 0.25) is 0 Å². The first-order valence-electron chi connectivity index (χ1n) is 8.67. The van der Waals surface area contributed by atoms with E-state index in [-0.39, 0.29) is 12.1 Å². The van der Waals surface area contributed by atoms with Gasteiger partial charge in [0.1, 0.15) is 5.75 Å². The monoisotopic (exact) mass is 527 g/mol. The summed E-state index contributed by atoms with van der Waals surface area (Å²) in [5.74, 6) is 0.854. The number of hydrogen-bond acceptors (Lipinski definition) is 7. The van der Waals surface area contributed by atoms with Crippen molar-refractivity contribution in [2.24, 2.45) is 5.10 Å². The Morgan fingerprint density at radius 1 is 0.967 bits per heavy atom. The summed E-state index contributed by atoms with van der Waals surface area (Å²) in [6, 6.07) is 8.48. The number of nitrogens with one attached hydrogen (secondary N) is 2. The third kappa shape index (κ3) is 5.99. The lowest BCUT2D eigenvalue weighted by Crippen LogP contribution is -2.34. The number of ether oxygens (including phenoxy) is 4. The molecule has 2 N–H and O–H groups in total. The fraction of sp³-hybridized carbons (Fsp3) is 0.250. The number of nitrogens with zero attached hydrogens (tertiary/aromatic N) is 1. The Kier molecular flexibility index (Phi) is 8.71. The van der Waals surface area contributed by atoms with E-state index in [1.807, 2.05) is 18.2 Å². The second-order valence-corrected chi connectivity index (χ2v) is 6.95. The summed E-state index contributed by atoms with van der Waals surface area (Å²) in [6.45, 7) is -0.257. The average molecular weight is 527 g/mol. The molecule has 0 aromatic heterocycles. The van der Waals surface area contributed by atoms with Gasteiger partial charge < -0.3 is 24.3 Å². The van der Waals surface area contributed by atoms with Gasteiger partial charge in [0.25, 0.3) is 11.8 Å². The highest BCUT2D eigenvalue weighted by atomic mass is 127. The Bertz CT molecular complexity index is 923. The van der Waals surface area contributed by atoms with Crippen LogP contribution in [0.3, 0.4) is 0 Å². The Balaban J connectivity index is 1.94. The van der Waals surface area contributed by atoms with Gasteiger partial charge in [0, 0.05) is 5.56 Å². The zero-order chi connectivity index (χ0) is 22.1. The summed E-state index contributed by atoms with van der Waals surface area (Å²) in [5, 5.41) is 6.41. The molecule has 2 aromatic rings. The van der Waals surface area contributed by atoms with Crippen molar-refractivity contribution in [3.05, 3.63) is 45.0 Å². The van der Waals surface area contributed by atoms with Crippen molar-refractivity contribution in [2.75, 3.05) is 35.0 Å². The van der Waals surface area contributed by atoms with Crippen molar-refractivity contribution < 1.29 is 28.5 Å². The van der Waals surface area contributed by atoms with Gasteiger partial charge in [0.2, 0.25) is 5.75 Å². The quantitative estimate of drug-likeness (QED) is 0.294. The second kappa shape index (κ2) is 11.2. The maximum Gasteiger partial charge on any atom is 0.259 e. The molecule has 0 aliphatic carbocycles. The highest BCUT2D eigenvalue weighted by Crippen LogP contribution is 2.38. The van der Waals surface area contributed by atoms with Crippen molar-refractivity contribution in [3.8, 4) is 23.0 Å². The third-order valence-electron chi connectivity index (χ3n) is 3.92. The normalized spacial score (nSPS) is 10.4. The standard InChI is InChI=1S/C20H22IN3O6/c1-27-15-6-5-12(7-14(15)21)10-23-24-18(25)11-22-20(26)13-8-16(28-2)19(30-4)17(9-13)29-3/h5-10H,11H2,1-4H3,(H,22,26)(H,24,25). The number of carbonyl (C=O) groups excluding carboxylic acids is 2. The zero-order valence-corrected chi connectivity index (χ0v) is 19.1. The largest absolute Gasteiger partial charge is 0.496 e. The molecule has 160 valence electrons. The van der Waals surface area contributed by atoms with Crippen LogP contribution in [0.1, 0.15) is 15.9 Å². The minimum atomic E-state index is -0.477. The lowest BCUT2D eigenvalue weighted by Gasteiger charge is -2.14. The molecule has 0 spiro atoms. The van der Waals surface area contributed by atoms with E-state index >= 15 is 0 Å². The smallest absolute Gasteiger partial charge is 0.259 e. The number of methoxy groups -OCH3 is 4. The van der Waals surface area contributed by atoms with E-state index in [1.165, 1.54) is 39.7 Å². The van der Waals surface area contributed by atoms with E-state index in [1.54, 1.807) is 7.11 Å². The van der Waals surface area contributed by atoms with Gasteiger partial charge in [-0.25, -0.2) is 5.43 Å². The average Bonchev–Trinajstić information content (AvgIpc) is 2.76. The molecule has 2 aromatic carbocycles. The number of hydrogen-bond donors (Lipinski definition) is 2. The fourth-order valence-electron chi connectivity index (χ4n) is 2.46. The Hall–Kier alpha value is -3.02. The highest BCUT2D eigenvalue weighted by molar-refractivity contribution is 14.1. The lowest BCUT2D eigenvalue weighted by atomic mass is 10.1. The van der Waals surface area contributed by atoms with Crippen molar-refractivity contribution in [3.63, 3.8) is 0 Å². The third-order valence-corrected chi connectivity index (χ3v) is 4.76. The van der Waals surface area contributed by atoms with Crippen molar-refractivity contribution >= 4 is 40.6 Å². The molecule has 0 bridgehead atoms. The zero-order valence-electron chi connectivity index (χ0n) is 16.9. The van der Waals surface area contributed by atoms with Crippen LogP contribution in [0.4, 0.5) is 0 Å². The van der Waals surface area contributed by atoms with Gasteiger partial charge in [0.15, 0.2) is 11.5 Å². The van der Waals surface area contributed by atoms with E-state index in [9.17, 15) is 9.59 Å². The van der Waals surface area contributed by atoms with Crippen LogP contribution in [0.25, 0.3) is 0 Å². The van der Waals surface area contributed by atoms with Gasteiger partial charge in [-0.3, -0.25) is 9.59 Å². The molecule has 0 unspecified atom stereocenters. The number of hydrazone groups is 1. The Morgan fingerprint density at radius 2 is 1.60 bits per heavy atom. The lowest BCUT2D eigenvalue weighted by molar-refractivity contribution is -0.120. The number of halogens is 1. The molecular weight excluding hydrogens is 505 g/mol. The minimum Gasteiger partial charge on any atom is -0.496 e. The number of amides is 2. The van der Waals surface area contributed by atoms with Gasteiger partial charge >= 0.3 is 0 Å². The van der Waals surface area contributed by atoms with E-state index in [2.05, 4.69) is 38.4 Å². The summed E-state index contributed by atoms with van der Waals surface area (Å²) in [7, 11) is 5.97. The molecule has 9 nitrogen and oxygen atoms in total. The first-order valence-corrected chi connectivity index (χ1v) is 9.75. The van der Waals surface area contributed by atoms with Gasteiger partial charge in [-0.15, -0.1) is 0 Å². The number of benzene rings is 2. The van der Waals surface area contributed by atoms with Gasteiger partial charge in [0.05, 0.1) is 44.8 Å². The van der Waals surface area contributed by atoms with Crippen molar-refractivity contribution in [1.29, 1.82) is 0 Å². The first kappa shape index (κ1) is 23.3. The first-order chi connectivity index (χ1) is 14.4. The Labute approximate surface area is 187 Å². The summed E-state index contributed by atoms with van der Waals surface area (Å²) >= 11 is 2.14. The molecule has 0 radical (unpaired) electrons. The fourth-order valence-corrected chi connectivity index (χ4v) is 3.22. The maximum absolute atomic E-state index is 12.4. The van der Waals surface area contributed by atoms with Gasteiger partial charge in [-0.1, -0.05) is 0 Å². The summed E-state index contributed by atoms with van der Waals surface area (Å²) < 4.78 is 21.8. The molecule has 0 fully saturated rings. The van der Waals surface area contributed by atoms with E-state index in [0.717, 1.165) is 14.9 Å². The molecule has 30 heavy (non-hydrogen) atoms. The minimum absolute atomic E-state index is 0.257. The molecule has 0 heterocycles. The van der Waals surface area contributed by atoms with Crippen LogP contribution >= 0.6 is 22.6 Å². The van der Waals surface area contributed by atoms with Gasteiger partial charge in [-0.05, 0) is 58.5 Å². The molecule has 0 atom stereocenters. The number of carbonyl (C=O) groups is 2.